The van der Waals surface area contributed by atoms with Crippen LogP contribution in [0.5, 0.6) is 0 Å². The normalized spacial score (nSPS) is 20.3. The Morgan fingerprint density at radius 3 is 1.90 bits per heavy atom. The highest BCUT2D eigenvalue weighted by molar-refractivity contribution is 7.78. The van der Waals surface area contributed by atoms with E-state index in [1.54, 1.807) is 0 Å². The first-order valence-corrected chi connectivity index (χ1v) is 3.31. The molecule has 6 heteroatoms. The highest BCUT2D eigenvalue weighted by Crippen LogP contribution is 2.04. The summed E-state index contributed by atoms with van der Waals surface area (Å²) in [6, 6.07) is 0. The molecule has 2 amide bonds. The lowest BCUT2D eigenvalue weighted by Gasteiger charge is -2.14. The summed E-state index contributed by atoms with van der Waals surface area (Å²) in [4.78, 5) is 20.9. The third-order valence-electron chi connectivity index (χ3n) is 0.918. The number of carbonyl (C=O) groups excluding carboxylic acids is 2. The second kappa shape index (κ2) is 2.31. The van der Waals surface area contributed by atoms with Crippen LogP contribution in [0.3, 0.4) is 0 Å². The van der Waals surface area contributed by atoms with E-state index in [-0.39, 0.29) is 4.31 Å². The second-order valence-electron chi connectivity index (χ2n) is 1.52. The molecule has 1 aliphatic heterocycles. The quantitative estimate of drug-likeness (QED) is 0.353. The van der Waals surface area contributed by atoms with Crippen molar-refractivity contribution in [2.24, 2.45) is 0 Å². The Balaban J connectivity index is 2.90. The van der Waals surface area contributed by atoms with Gasteiger partial charge in [-0.3, -0.25) is 13.8 Å². The third kappa shape index (κ3) is 0.981. The molecule has 0 aromatic rings. The van der Waals surface area contributed by atoms with E-state index in [4.69, 9.17) is 0 Å². The molecule has 5 nitrogen and oxygen atoms in total. The summed E-state index contributed by atoms with van der Waals surface area (Å²) >= 11 is -2.78. The fourth-order valence-electron chi connectivity index (χ4n) is 0.534. The second-order valence-corrected chi connectivity index (χ2v) is 2.32. The number of carbonyl (C=O) groups is 2. The predicted octanol–water partition coefficient (Wildman–Crippen LogP) is -1.29. The first kappa shape index (κ1) is 7.10. The topological polar surface area (TPSA) is 77.5 Å². The highest BCUT2D eigenvalue weighted by Gasteiger charge is 2.23. The van der Waals surface area contributed by atoms with Gasteiger partial charge in [0, 0.05) is 12.2 Å². The van der Waals surface area contributed by atoms with Crippen molar-refractivity contribution in [1.82, 2.24) is 4.31 Å². The molecule has 1 atom stereocenters. The van der Waals surface area contributed by atoms with Gasteiger partial charge in [0.15, 0.2) is 0 Å². The monoisotopic (exact) mass is 160 g/mol. The zero-order valence-corrected chi connectivity index (χ0v) is 5.46. The van der Waals surface area contributed by atoms with E-state index in [0.717, 1.165) is 12.2 Å². The molecule has 0 fully saturated rings. The first-order valence-electron chi connectivity index (χ1n) is 2.28. The Morgan fingerprint density at radius 2 is 1.70 bits per heavy atom. The van der Waals surface area contributed by atoms with Gasteiger partial charge in [0.05, 0.1) is 11.3 Å². The van der Waals surface area contributed by atoms with Crippen molar-refractivity contribution in [3.8, 4) is 0 Å². The molecule has 1 unspecified atom stereocenters. The molecular formula is C4H2NO4S-. The van der Waals surface area contributed by atoms with Crippen molar-refractivity contribution >= 4 is 23.1 Å². The molecule has 0 saturated carbocycles. The number of imide groups is 1. The summed E-state index contributed by atoms with van der Waals surface area (Å²) in [6.45, 7) is 0. The van der Waals surface area contributed by atoms with Gasteiger partial charge < -0.3 is 4.55 Å². The van der Waals surface area contributed by atoms with E-state index in [1.165, 1.54) is 0 Å². The average Bonchev–Trinajstić information content (AvgIpc) is 2.11. The standard InChI is InChI=1S/C4H3NO4S/c6-3-1-2-4(7)5(3)10(8)9/h1-2H,(H,8,9)/p-1. The zero-order valence-electron chi connectivity index (χ0n) is 4.64. The number of hydrogen-bond acceptors (Lipinski definition) is 4. The number of nitrogens with zero attached hydrogens (tertiary/aromatic N) is 1. The molecule has 1 heterocycles. The largest absolute Gasteiger partial charge is 0.755 e. The fourth-order valence-corrected chi connectivity index (χ4v) is 0.949. The van der Waals surface area contributed by atoms with Gasteiger partial charge in [0.1, 0.15) is 0 Å². The Hall–Kier alpha value is -1.01. The molecule has 0 spiro atoms. The minimum absolute atomic E-state index is 0.139. The van der Waals surface area contributed by atoms with Crippen LogP contribution in [0, 0.1) is 0 Å². The molecule has 1 aliphatic rings. The van der Waals surface area contributed by atoms with Gasteiger partial charge in [-0.15, -0.1) is 0 Å². The Kier molecular flexibility index (Phi) is 1.64. The Bertz CT molecular complexity index is 228. The van der Waals surface area contributed by atoms with Crippen molar-refractivity contribution in [1.29, 1.82) is 0 Å². The van der Waals surface area contributed by atoms with Crippen molar-refractivity contribution in [2.45, 2.75) is 0 Å². The van der Waals surface area contributed by atoms with Crippen LogP contribution in [0.4, 0.5) is 0 Å². The van der Waals surface area contributed by atoms with Crippen LogP contribution in [-0.4, -0.2) is 24.9 Å². The van der Waals surface area contributed by atoms with Gasteiger partial charge in [0.25, 0.3) is 11.8 Å². The van der Waals surface area contributed by atoms with Crippen molar-refractivity contribution in [3.63, 3.8) is 0 Å². The van der Waals surface area contributed by atoms with E-state index in [0.29, 0.717) is 0 Å². The predicted molar refractivity (Wildman–Crippen MR) is 29.9 cm³/mol. The summed E-state index contributed by atoms with van der Waals surface area (Å²) in [6.07, 6.45) is 1.80. The molecule has 1 rings (SSSR count). The van der Waals surface area contributed by atoms with E-state index >= 15 is 0 Å². The van der Waals surface area contributed by atoms with Gasteiger partial charge in [0.2, 0.25) is 0 Å². The summed E-state index contributed by atoms with van der Waals surface area (Å²) in [5, 5.41) is 0. The third-order valence-corrected chi connectivity index (χ3v) is 1.58. The minimum Gasteiger partial charge on any atom is -0.755 e. The lowest BCUT2D eigenvalue weighted by atomic mass is 10.6. The number of amides is 2. The van der Waals surface area contributed by atoms with E-state index in [1.807, 2.05) is 0 Å². The molecule has 0 saturated heterocycles. The smallest absolute Gasteiger partial charge is 0.264 e. The lowest BCUT2D eigenvalue weighted by Crippen LogP contribution is -2.31. The number of rotatable bonds is 1. The number of hydrogen-bond donors (Lipinski definition) is 0. The molecule has 0 N–H and O–H groups in total. The van der Waals surface area contributed by atoms with Crippen LogP contribution in [0.2, 0.25) is 0 Å². The maximum atomic E-state index is 10.5. The van der Waals surface area contributed by atoms with Gasteiger partial charge in [-0.2, -0.15) is 0 Å². The summed E-state index contributed by atoms with van der Waals surface area (Å²) in [5.74, 6) is -1.64. The van der Waals surface area contributed by atoms with Gasteiger partial charge in [-0.1, -0.05) is 0 Å². The maximum Gasteiger partial charge on any atom is 0.264 e. The highest BCUT2D eigenvalue weighted by atomic mass is 32.2. The molecule has 0 radical (unpaired) electrons. The Morgan fingerprint density at radius 1 is 1.30 bits per heavy atom. The first-order chi connectivity index (χ1) is 4.63. The van der Waals surface area contributed by atoms with Crippen LogP contribution >= 0.6 is 0 Å². The van der Waals surface area contributed by atoms with Crippen molar-refractivity contribution < 1.29 is 18.4 Å². The molecule has 10 heavy (non-hydrogen) atoms. The summed E-state index contributed by atoms with van der Waals surface area (Å²) in [5.41, 5.74) is 0. The lowest BCUT2D eigenvalue weighted by molar-refractivity contribution is -0.130. The molecule has 0 aliphatic carbocycles. The van der Waals surface area contributed by atoms with E-state index in [2.05, 4.69) is 0 Å². The van der Waals surface area contributed by atoms with Crippen LogP contribution in [0.15, 0.2) is 12.2 Å². The van der Waals surface area contributed by atoms with Gasteiger partial charge in [-0.05, 0) is 0 Å². The molecule has 54 valence electrons. The zero-order chi connectivity index (χ0) is 7.72. The maximum absolute atomic E-state index is 10.5. The molecule has 0 aromatic carbocycles. The van der Waals surface area contributed by atoms with Crippen LogP contribution in [0.1, 0.15) is 0 Å². The van der Waals surface area contributed by atoms with Crippen LogP contribution < -0.4 is 0 Å². The van der Waals surface area contributed by atoms with E-state index in [9.17, 15) is 18.4 Å². The summed E-state index contributed by atoms with van der Waals surface area (Å²) < 4.78 is 20.3. The van der Waals surface area contributed by atoms with E-state index < -0.39 is 23.1 Å². The molecular weight excluding hydrogens is 158 g/mol. The molecule has 0 aromatic heterocycles. The fraction of sp³-hybridized carbons (Fsp3) is 0. The van der Waals surface area contributed by atoms with Gasteiger partial charge >= 0.3 is 0 Å². The van der Waals surface area contributed by atoms with Crippen LogP contribution in [0.25, 0.3) is 0 Å². The van der Waals surface area contributed by atoms with Crippen molar-refractivity contribution in [2.75, 3.05) is 0 Å². The minimum atomic E-state index is -2.78. The SMILES string of the molecule is O=C1C=CC(=O)N1S(=O)[O-]. The average molecular weight is 160 g/mol. The van der Waals surface area contributed by atoms with Crippen molar-refractivity contribution in [3.05, 3.63) is 12.2 Å². The van der Waals surface area contributed by atoms with Crippen LogP contribution in [-0.2, 0) is 20.9 Å². The molecule has 0 bridgehead atoms. The Labute approximate surface area is 58.7 Å². The van der Waals surface area contributed by atoms with Gasteiger partial charge in [-0.25, -0.2) is 4.31 Å². The summed E-state index contributed by atoms with van der Waals surface area (Å²) in [7, 11) is 0.